The van der Waals surface area contributed by atoms with Crippen molar-refractivity contribution in [3.8, 4) is 0 Å². The second-order valence-electron chi connectivity index (χ2n) is 6.55. The number of rotatable bonds is 4. The molecule has 0 aromatic heterocycles. The number of hydrogen-bond donors (Lipinski definition) is 1. The minimum Gasteiger partial charge on any atom is -0.444 e. The predicted octanol–water partition coefficient (Wildman–Crippen LogP) is 2.69. The van der Waals surface area contributed by atoms with Gasteiger partial charge in [-0.05, 0) is 37.5 Å². The Balaban J connectivity index is 1.89. The van der Waals surface area contributed by atoms with Gasteiger partial charge in [0.1, 0.15) is 0 Å². The van der Waals surface area contributed by atoms with E-state index in [2.05, 4.69) is 4.74 Å². The molecule has 0 amide bonds. The maximum atomic E-state index is 13.5. The highest BCUT2D eigenvalue weighted by Gasteiger charge is 2.68. The normalized spacial score (nSPS) is 33.5. The number of alkyl halides is 5. The predicted molar refractivity (Wildman–Crippen MR) is 68.4 cm³/mol. The number of hydrogen-bond acceptors (Lipinski definition) is 4. The van der Waals surface area contributed by atoms with Crippen LogP contribution in [0.3, 0.4) is 0 Å². The van der Waals surface area contributed by atoms with Gasteiger partial charge in [0, 0.05) is 0 Å². The first kappa shape index (κ1) is 17.6. The molecule has 4 rings (SSSR count). The van der Waals surface area contributed by atoms with Crippen molar-refractivity contribution in [1.82, 2.24) is 0 Å². The van der Waals surface area contributed by atoms with Gasteiger partial charge in [0.15, 0.2) is 0 Å². The van der Waals surface area contributed by atoms with Crippen molar-refractivity contribution in [2.75, 3.05) is 0 Å². The van der Waals surface area contributed by atoms with Gasteiger partial charge < -0.3 is 4.74 Å². The lowest BCUT2D eigenvalue weighted by molar-refractivity contribution is -0.265. The molecule has 24 heavy (non-hydrogen) atoms. The van der Waals surface area contributed by atoms with Crippen molar-refractivity contribution in [3.63, 3.8) is 0 Å². The zero-order chi connectivity index (χ0) is 18.1. The van der Waals surface area contributed by atoms with E-state index in [1.807, 2.05) is 0 Å². The van der Waals surface area contributed by atoms with E-state index in [-0.39, 0.29) is 24.7 Å². The molecule has 0 saturated heterocycles. The molecule has 0 spiro atoms. The smallest absolute Gasteiger partial charge is 0.432 e. The lowest BCUT2D eigenvalue weighted by Crippen LogP contribution is -2.59. The Morgan fingerprint density at radius 2 is 1.92 bits per heavy atom. The van der Waals surface area contributed by atoms with E-state index in [0.717, 1.165) is 6.42 Å². The van der Waals surface area contributed by atoms with Crippen LogP contribution in [0.1, 0.15) is 25.7 Å². The summed E-state index contributed by atoms with van der Waals surface area (Å²) in [5.41, 5.74) is -0.781. The van der Waals surface area contributed by atoms with Gasteiger partial charge >= 0.3 is 27.5 Å². The summed E-state index contributed by atoms with van der Waals surface area (Å²) in [7, 11) is -6.42. The molecule has 0 aromatic carbocycles. The van der Waals surface area contributed by atoms with Crippen molar-refractivity contribution in [2.45, 2.75) is 43.2 Å². The number of carbonyl (C=O) groups is 1. The zero-order valence-corrected chi connectivity index (χ0v) is 12.8. The molecular weight excluding hydrogens is 363 g/mol. The summed E-state index contributed by atoms with van der Waals surface area (Å²) < 4.78 is 99.1. The molecule has 4 aliphatic rings. The molecule has 0 aromatic rings. The Morgan fingerprint density at radius 1 is 1.29 bits per heavy atom. The van der Waals surface area contributed by atoms with Crippen LogP contribution in [0.25, 0.3) is 0 Å². The fourth-order valence-corrected chi connectivity index (χ4v) is 4.55. The first-order chi connectivity index (χ1) is 10.8. The van der Waals surface area contributed by atoms with Crippen LogP contribution in [0.4, 0.5) is 22.0 Å². The van der Waals surface area contributed by atoms with Gasteiger partial charge in [-0.25, -0.2) is 0 Å². The molecule has 136 valence electrons. The van der Waals surface area contributed by atoms with Crippen molar-refractivity contribution < 1.29 is 44.5 Å². The van der Waals surface area contributed by atoms with E-state index in [1.54, 1.807) is 6.08 Å². The van der Waals surface area contributed by atoms with Crippen LogP contribution in [0.2, 0.25) is 0 Å². The van der Waals surface area contributed by atoms with E-state index in [0.29, 0.717) is 12.0 Å². The second kappa shape index (κ2) is 4.90. The summed E-state index contributed by atoms with van der Waals surface area (Å²) in [4.78, 5) is 12.2. The van der Waals surface area contributed by atoms with Gasteiger partial charge in [-0.3, -0.25) is 9.35 Å². The van der Waals surface area contributed by atoms with Crippen LogP contribution >= 0.6 is 0 Å². The van der Waals surface area contributed by atoms with E-state index in [1.165, 1.54) is 0 Å². The first-order valence-electron chi connectivity index (χ1n) is 7.12. The lowest BCUT2D eigenvalue weighted by atomic mass is 9.45. The number of halogens is 5. The van der Waals surface area contributed by atoms with Crippen molar-refractivity contribution in [3.05, 3.63) is 11.6 Å². The van der Waals surface area contributed by atoms with Crippen LogP contribution in [0, 0.1) is 17.3 Å². The fraction of sp³-hybridized carbons (Fsp3) is 0.769. The summed E-state index contributed by atoms with van der Waals surface area (Å²) in [5, 5.41) is -5.69. The van der Waals surface area contributed by atoms with Crippen LogP contribution in [-0.2, 0) is 19.6 Å². The van der Waals surface area contributed by atoms with Gasteiger partial charge in [-0.1, -0.05) is 11.6 Å². The molecule has 4 bridgehead atoms. The van der Waals surface area contributed by atoms with Gasteiger partial charge in [0.2, 0.25) is 0 Å². The Bertz CT molecular complexity index is 713. The lowest BCUT2D eigenvalue weighted by Gasteiger charge is -2.58. The quantitative estimate of drug-likeness (QED) is 0.353. The minimum atomic E-state index is -6.42. The highest BCUT2D eigenvalue weighted by molar-refractivity contribution is 7.86. The van der Waals surface area contributed by atoms with Gasteiger partial charge in [0.05, 0.1) is 5.41 Å². The molecule has 4 atom stereocenters. The summed E-state index contributed by atoms with van der Waals surface area (Å²) in [6, 6.07) is 0. The molecule has 0 heterocycles. The van der Waals surface area contributed by atoms with Crippen LogP contribution in [0.15, 0.2) is 11.6 Å². The van der Waals surface area contributed by atoms with Crippen LogP contribution in [0.5, 0.6) is 0 Å². The molecule has 5 nitrogen and oxygen atoms in total. The monoisotopic (exact) mass is 376 g/mol. The number of esters is 1. The number of carbonyl (C=O) groups excluding carboxylic acids is 1. The molecule has 1 N–H and O–H groups in total. The van der Waals surface area contributed by atoms with Gasteiger partial charge in [-0.15, -0.1) is 0 Å². The topological polar surface area (TPSA) is 80.7 Å². The average Bonchev–Trinajstić information content (AvgIpc) is 2.41. The van der Waals surface area contributed by atoms with E-state index < -0.39 is 39.0 Å². The molecule has 4 aliphatic carbocycles. The first-order valence-corrected chi connectivity index (χ1v) is 8.56. The van der Waals surface area contributed by atoms with Crippen LogP contribution < -0.4 is 0 Å². The highest BCUT2D eigenvalue weighted by atomic mass is 32.2. The number of fused-ring (bicyclic) bond motifs is 1. The van der Waals surface area contributed by atoms with Gasteiger partial charge in [0.25, 0.3) is 6.10 Å². The zero-order valence-electron chi connectivity index (χ0n) is 12.0. The van der Waals surface area contributed by atoms with E-state index in [9.17, 15) is 35.2 Å². The highest BCUT2D eigenvalue weighted by Crippen LogP contribution is 2.65. The van der Waals surface area contributed by atoms with Crippen LogP contribution in [-0.4, -0.2) is 36.5 Å². The van der Waals surface area contributed by atoms with Gasteiger partial charge in [-0.2, -0.15) is 30.4 Å². The molecular formula is C13H13F5O5S. The standard InChI is InChI=1S/C13H13F5O5S/c14-12(15,16)9(13(17,18)24(20,21)22)23-10(19)11-4-6-1-2-8(11)7(3-6)5-11/h2,6-7,9H,1,3-5H2,(H,20,21,22). The van der Waals surface area contributed by atoms with Crippen molar-refractivity contribution in [1.29, 1.82) is 0 Å². The largest absolute Gasteiger partial charge is 0.444 e. The maximum Gasteiger partial charge on any atom is 0.432 e. The molecule has 4 unspecified atom stereocenters. The van der Waals surface area contributed by atoms with E-state index >= 15 is 0 Å². The third-order valence-electron chi connectivity index (χ3n) is 5.08. The van der Waals surface area contributed by atoms with Crippen molar-refractivity contribution in [2.24, 2.45) is 17.3 Å². The van der Waals surface area contributed by atoms with Crippen molar-refractivity contribution >= 4 is 16.1 Å². The molecule has 2 saturated carbocycles. The number of ether oxygens (including phenoxy) is 1. The second-order valence-corrected chi connectivity index (χ2v) is 8.04. The minimum absolute atomic E-state index is 0.0384. The Hall–Kier alpha value is -1.23. The number of allylic oxidation sites excluding steroid dienone is 1. The Labute approximate surface area is 133 Å². The summed E-state index contributed by atoms with van der Waals surface area (Å²) in [6.45, 7) is 0. The Kier molecular flexibility index (Phi) is 3.59. The average molecular weight is 376 g/mol. The fourth-order valence-electron chi connectivity index (χ4n) is 4.10. The molecule has 11 heteroatoms. The maximum absolute atomic E-state index is 13.5. The molecule has 2 fully saturated rings. The summed E-state index contributed by atoms with van der Waals surface area (Å²) >= 11 is 0. The van der Waals surface area contributed by atoms with E-state index in [4.69, 9.17) is 4.55 Å². The Morgan fingerprint density at radius 3 is 2.33 bits per heavy atom. The SMILES string of the molecule is O=C(OC(C(F)(F)F)C(F)(F)S(=O)(=O)O)C12CC3CC=C1C(C3)C2. The molecule has 0 aliphatic heterocycles. The third-order valence-corrected chi connectivity index (χ3v) is 5.98. The molecule has 0 radical (unpaired) electrons. The third kappa shape index (κ3) is 2.35. The summed E-state index contributed by atoms with van der Waals surface area (Å²) in [5.74, 6) is -1.41. The summed E-state index contributed by atoms with van der Waals surface area (Å²) in [6.07, 6.45) is -6.53.